The van der Waals surface area contributed by atoms with E-state index in [0.29, 0.717) is 16.5 Å². The van der Waals surface area contributed by atoms with Crippen LogP contribution in [0.2, 0.25) is 0 Å². The molecule has 0 saturated heterocycles. The van der Waals surface area contributed by atoms with Gasteiger partial charge in [-0.3, -0.25) is 4.98 Å². The Morgan fingerprint density at radius 1 is 1.22 bits per heavy atom. The summed E-state index contributed by atoms with van der Waals surface area (Å²) in [4.78, 5) is 4.51. The Labute approximate surface area is 112 Å². The molecule has 2 N–H and O–H groups in total. The van der Waals surface area contributed by atoms with Gasteiger partial charge in [0.05, 0.1) is 11.3 Å². The Hall–Kier alpha value is -1.94. The summed E-state index contributed by atoms with van der Waals surface area (Å²) in [5.74, 6) is 1.37. The highest BCUT2D eigenvalue weighted by Crippen LogP contribution is 2.27. The molecule has 0 aliphatic rings. The van der Waals surface area contributed by atoms with Crippen LogP contribution in [0.4, 0.5) is 0 Å². The summed E-state index contributed by atoms with van der Waals surface area (Å²) in [7, 11) is 0. The van der Waals surface area contributed by atoms with Crippen LogP contribution in [0.25, 0.3) is 0 Å². The summed E-state index contributed by atoms with van der Waals surface area (Å²) in [5, 5.41) is 0. The minimum absolute atomic E-state index is 0.326. The van der Waals surface area contributed by atoms with Crippen LogP contribution in [-0.4, -0.2) is 9.97 Å². The molecule has 0 fully saturated rings. The van der Waals surface area contributed by atoms with Gasteiger partial charge in [0.15, 0.2) is 0 Å². The fourth-order valence-electron chi connectivity index (χ4n) is 1.61. The van der Waals surface area contributed by atoms with Gasteiger partial charge in [-0.25, -0.2) is 0 Å². The van der Waals surface area contributed by atoms with Crippen molar-refractivity contribution in [2.45, 2.75) is 13.8 Å². The van der Waals surface area contributed by atoms with Crippen LogP contribution in [-0.2, 0) is 0 Å². The van der Waals surface area contributed by atoms with Crippen LogP contribution < -0.4 is 10.5 Å². The van der Waals surface area contributed by atoms with Crippen molar-refractivity contribution in [1.29, 1.82) is 0 Å². The second-order valence-electron chi connectivity index (χ2n) is 4.05. The van der Waals surface area contributed by atoms with E-state index < -0.39 is 0 Å². The molecule has 3 nitrogen and oxygen atoms in total. The van der Waals surface area contributed by atoms with E-state index in [1.165, 1.54) is 0 Å². The monoisotopic (exact) mass is 258 g/mol. The third-order valence-corrected chi connectivity index (χ3v) is 2.80. The first-order valence-electron chi connectivity index (χ1n) is 5.58. The first kappa shape index (κ1) is 12.5. The van der Waals surface area contributed by atoms with Crippen LogP contribution in [0.1, 0.15) is 16.8 Å². The molecule has 0 aliphatic heterocycles. The number of aromatic nitrogens is 1. The number of nitrogens with zero attached hydrogens (tertiary/aromatic N) is 1. The molecular weight excluding hydrogens is 244 g/mol. The minimum Gasteiger partial charge on any atom is -0.455 e. The van der Waals surface area contributed by atoms with Crippen LogP contribution in [0.5, 0.6) is 11.5 Å². The fraction of sp³-hybridized carbons (Fsp3) is 0.143. The van der Waals surface area contributed by atoms with Gasteiger partial charge in [0.1, 0.15) is 16.5 Å². The summed E-state index contributed by atoms with van der Waals surface area (Å²) in [5.41, 5.74) is 8.34. The zero-order valence-corrected chi connectivity index (χ0v) is 11.1. The second-order valence-corrected chi connectivity index (χ2v) is 4.49. The Balaban J connectivity index is 2.42. The van der Waals surface area contributed by atoms with Crippen LogP contribution in [0, 0.1) is 13.8 Å². The standard InChI is InChI=1S/C14H14N2OS/c1-9-5-6-11(14(15)18)13(8-9)17-12-4-3-7-16-10(12)2/h3-8H,1-2H3,(H2,15,18). The fourth-order valence-corrected chi connectivity index (χ4v) is 1.78. The van der Waals surface area contributed by atoms with E-state index in [2.05, 4.69) is 4.98 Å². The molecule has 1 aromatic heterocycles. The smallest absolute Gasteiger partial charge is 0.148 e. The topological polar surface area (TPSA) is 48.1 Å². The van der Waals surface area contributed by atoms with Gasteiger partial charge in [-0.05, 0) is 43.7 Å². The second kappa shape index (κ2) is 5.14. The summed E-state index contributed by atoms with van der Waals surface area (Å²) < 4.78 is 5.85. The molecule has 0 radical (unpaired) electrons. The SMILES string of the molecule is Cc1ccc(C(N)=S)c(Oc2cccnc2C)c1. The van der Waals surface area contributed by atoms with Crippen LogP contribution in [0.3, 0.4) is 0 Å². The van der Waals surface area contributed by atoms with E-state index in [1.807, 2.05) is 44.2 Å². The number of nitrogens with two attached hydrogens (primary N) is 1. The molecule has 1 heterocycles. The number of pyridine rings is 1. The van der Waals surface area contributed by atoms with Crippen molar-refractivity contribution in [2.24, 2.45) is 5.73 Å². The van der Waals surface area contributed by atoms with Gasteiger partial charge in [0, 0.05) is 6.20 Å². The van der Waals surface area contributed by atoms with Crippen molar-refractivity contribution in [3.63, 3.8) is 0 Å². The summed E-state index contributed by atoms with van der Waals surface area (Å²) in [6.07, 6.45) is 1.73. The van der Waals surface area contributed by atoms with Crippen molar-refractivity contribution in [2.75, 3.05) is 0 Å². The van der Waals surface area contributed by atoms with E-state index in [9.17, 15) is 0 Å². The van der Waals surface area contributed by atoms with Gasteiger partial charge < -0.3 is 10.5 Å². The van der Waals surface area contributed by atoms with Crippen molar-refractivity contribution in [3.05, 3.63) is 53.3 Å². The first-order valence-corrected chi connectivity index (χ1v) is 5.98. The molecule has 92 valence electrons. The maximum Gasteiger partial charge on any atom is 0.148 e. The molecule has 0 bridgehead atoms. The lowest BCUT2D eigenvalue weighted by Gasteiger charge is -2.12. The zero-order valence-electron chi connectivity index (χ0n) is 10.3. The van der Waals surface area contributed by atoms with E-state index in [4.69, 9.17) is 22.7 Å². The average Bonchev–Trinajstić information content (AvgIpc) is 2.32. The molecule has 1 aromatic carbocycles. The number of benzene rings is 1. The van der Waals surface area contributed by atoms with Crippen molar-refractivity contribution >= 4 is 17.2 Å². The summed E-state index contributed by atoms with van der Waals surface area (Å²) in [6, 6.07) is 9.45. The quantitative estimate of drug-likeness (QED) is 0.859. The summed E-state index contributed by atoms with van der Waals surface area (Å²) in [6.45, 7) is 3.89. The predicted octanol–water partition coefficient (Wildman–Crippen LogP) is 3.12. The molecule has 2 aromatic rings. The van der Waals surface area contributed by atoms with E-state index >= 15 is 0 Å². The largest absolute Gasteiger partial charge is 0.455 e. The number of ether oxygens (including phenoxy) is 1. The highest BCUT2D eigenvalue weighted by Gasteiger charge is 2.09. The van der Waals surface area contributed by atoms with E-state index in [1.54, 1.807) is 6.20 Å². The normalized spacial score (nSPS) is 10.1. The van der Waals surface area contributed by atoms with Crippen LogP contribution >= 0.6 is 12.2 Å². The first-order chi connectivity index (χ1) is 8.58. The Bertz CT molecular complexity index is 596. The van der Waals surface area contributed by atoms with E-state index in [0.717, 1.165) is 16.8 Å². The number of hydrogen-bond acceptors (Lipinski definition) is 3. The molecule has 0 amide bonds. The number of rotatable bonds is 3. The van der Waals surface area contributed by atoms with E-state index in [-0.39, 0.29) is 0 Å². The Kier molecular flexibility index (Phi) is 3.58. The van der Waals surface area contributed by atoms with Gasteiger partial charge in [0.2, 0.25) is 0 Å². The summed E-state index contributed by atoms with van der Waals surface area (Å²) >= 11 is 5.02. The van der Waals surface area contributed by atoms with Crippen molar-refractivity contribution < 1.29 is 4.74 Å². The zero-order chi connectivity index (χ0) is 13.1. The number of aryl methyl sites for hydroxylation is 2. The lowest BCUT2D eigenvalue weighted by Crippen LogP contribution is -2.11. The molecule has 0 saturated carbocycles. The van der Waals surface area contributed by atoms with Gasteiger partial charge in [-0.2, -0.15) is 0 Å². The molecule has 2 rings (SSSR count). The van der Waals surface area contributed by atoms with Crippen molar-refractivity contribution in [1.82, 2.24) is 4.98 Å². The maximum atomic E-state index is 5.85. The average molecular weight is 258 g/mol. The molecule has 0 aliphatic carbocycles. The van der Waals surface area contributed by atoms with Gasteiger partial charge in [0.25, 0.3) is 0 Å². The highest BCUT2D eigenvalue weighted by molar-refractivity contribution is 7.80. The maximum absolute atomic E-state index is 5.85. The Morgan fingerprint density at radius 3 is 2.67 bits per heavy atom. The molecule has 0 unspecified atom stereocenters. The molecule has 0 atom stereocenters. The van der Waals surface area contributed by atoms with Gasteiger partial charge in [-0.1, -0.05) is 18.3 Å². The molecule has 4 heteroatoms. The molecular formula is C14H14N2OS. The minimum atomic E-state index is 0.326. The lowest BCUT2D eigenvalue weighted by atomic mass is 10.1. The van der Waals surface area contributed by atoms with Gasteiger partial charge in [-0.15, -0.1) is 0 Å². The Morgan fingerprint density at radius 2 is 2.00 bits per heavy atom. The number of hydrogen-bond donors (Lipinski definition) is 1. The lowest BCUT2D eigenvalue weighted by molar-refractivity contribution is 0.474. The third-order valence-electron chi connectivity index (χ3n) is 2.58. The molecule has 18 heavy (non-hydrogen) atoms. The molecule has 0 spiro atoms. The highest BCUT2D eigenvalue weighted by atomic mass is 32.1. The third kappa shape index (κ3) is 2.65. The van der Waals surface area contributed by atoms with Crippen LogP contribution in [0.15, 0.2) is 36.5 Å². The van der Waals surface area contributed by atoms with Gasteiger partial charge >= 0.3 is 0 Å². The predicted molar refractivity (Wildman–Crippen MR) is 76.1 cm³/mol. The number of thiocarbonyl (C=S) groups is 1. The van der Waals surface area contributed by atoms with Crippen molar-refractivity contribution in [3.8, 4) is 11.5 Å².